The molecule has 90 valence electrons. The molecule has 0 radical (unpaired) electrons. The van der Waals surface area contributed by atoms with Gasteiger partial charge in [-0.2, -0.15) is 0 Å². The minimum Gasteiger partial charge on any atom is -0.356 e. The molecule has 0 aromatic carbocycles. The molecule has 0 bridgehead atoms. The predicted octanol–water partition coefficient (Wildman–Crippen LogP) is 2.58. The van der Waals surface area contributed by atoms with Gasteiger partial charge < -0.3 is 18.7 Å². The Kier molecular flexibility index (Phi) is 8.18. The van der Waals surface area contributed by atoms with E-state index in [2.05, 4.69) is 0 Å². The smallest absolute Gasteiger partial charge is 0.160 e. The SMILES string of the molecule is CO[C@@H]1CC(OI)[C@H](OI)C(COI)O1. The minimum absolute atomic E-state index is 0.0438. The highest BCUT2D eigenvalue weighted by molar-refractivity contribution is 14.1. The zero-order valence-corrected chi connectivity index (χ0v) is 14.4. The van der Waals surface area contributed by atoms with Crippen molar-refractivity contribution < 1.29 is 18.7 Å². The van der Waals surface area contributed by atoms with Gasteiger partial charge in [0.1, 0.15) is 87.3 Å². The molecule has 1 heterocycles. The number of hydrogen-bond acceptors (Lipinski definition) is 5. The molecule has 1 fully saturated rings. The van der Waals surface area contributed by atoms with Crippen molar-refractivity contribution in [2.24, 2.45) is 0 Å². The van der Waals surface area contributed by atoms with Crippen molar-refractivity contribution in [2.75, 3.05) is 13.7 Å². The second kappa shape index (κ2) is 8.16. The molecule has 0 N–H and O–H groups in total. The van der Waals surface area contributed by atoms with Crippen LogP contribution in [0, 0.1) is 0 Å². The van der Waals surface area contributed by atoms with Gasteiger partial charge in [0.05, 0.1) is 6.61 Å². The van der Waals surface area contributed by atoms with E-state index in [4.69, 9.17) is 18.7 Å². The fourth-order valence-electron chi connectivity index (χ4n) is 1.44. The predicted molar refractivity (Wildman–Crippen MR) is 78.0 cm³/mol. The Labute approximate surface area is 131 Å². The summed E-state index contributed by atoms with van der Waals surface area (Å²) >= 11 is 5.56. The van der Waals surface area contributed by atoms with Crippen molar-refractivity contribution in [3.05, 3.63) is 0 Å². The molecule has 15 heavy (non-hydrogen) atoms. The summed E-state index contributed by atoms with van der Waals surface area (Å²) in [5.41, 5.74) is 0. The largest absolute Gasteiger partial charge is 0.356 e. The first-order chi connectivity index (χ1) is 7.26. The number of methoxy groups -OCH3 is 1. The molecule has 5 nitrogen and oxygen atoms in total. The molecule has 8 heteroatoms. The molecule has 0 spiro atoms. The summed E-state index contributed by atoms with van der Waals surface area (Å²) in [4.78, 5) is 0. The van der Waals surface area contributed by atoms with Crippen LogP contribution in [0.3, 0.4) is 0 Å². The third-order valence-corrected chi connectivity index (χ3v) is 3.79. The molecular formula is C7H11I3O5. The van der Waals surface area contributed by atoms with Gasteiger partial charge in [-0.1, -0.05) is 0 Å². The second-order valence-corrected chi connectivity index (χ2v) is 4.67. The van der Waals surface area contributed by atoms with Gasteiger partial charge in [0.25, 0.3) is 0 Å². The van der Waals surface area contributed by atoms with E-state index >= 15 is 0 Å². The minimum atomic E-state index is -0.260. The average Bonchev–Trinajstić information content (AvgIpc) is 2.28. The second-order valence-electron chi connectivity index (χ2n) is 3.03. The van der Waals surface area contributed by atoms with Crippen molar-refractivity contribution in [1.82, 2.24) is 0 Å². The van der Waals surface area contributed by atoms with Crippen LogP contribution in [0.5, 0.6) is 0 Å². The topological polar surface area (TPSA) is 46.2 Å². The van der Waals surface area contributed by atoms with E-state index in [-0.39, 0.29) is 24.6 Å². The summed E-state index contributed by atoms with van der Waals surface area (Å²) in [6.45, 7) is 0.449. The Bertz CT molecular complexity index is 184. The highest BCUT2D eigenvalue weighted by Crippen LogP contribution is 2.28. The third-order valence-electron chi connectivity index (χ3n) is 2.19. The van der Waals surface area contributed by atoms with Gasteiger partial charge in [0.15, 0.2) is 6.29 Å². The molecule has 0 aromatic rings. The van der Waals surface area contributed by atoms with Gasteiger partial charge >= 0.3 is 0 Å². The molecular weight excluding hydrogens is 545 g/mol. The summed E-state index contributed by atoms with van der Waals surface area (Å²) in [7, 11) is 1.61. The van der Waals surface area contributed by atoms with Crippen molar-refractivity contribution in [3.8, 4) is 0 Å². The van der Waals surface area contributed by atoms with Crippen molar-refractivity contribution >= 4 is 69.0 Å². The molecule has 0 amide bonds. The highest BCUT2D eigenvalue weighted by atomic mass is 127. The lowest BCUT2D eigenvalue weighted by molar-refractivity contribution is -0.228. The fourth-order valence-corrected chi connectivity index (χ4v) is 2.95. The van der Waals surface area contributed by atoms with E-state index in [0.717, 1.165) is 0 Å². The third kappa shape index (κ3) is 4.30. The molecule has 1 aliphatic rings. The first-order valence-corrected chi connectivity index (χ1v) is 6.87. The van der Waals surface area contributed by atoms with Gasteiger partial charge in [-0.3, -0.25) is 0 Å². The van der Waals surface area contributed by atoms with E-state index in [0.29, 0.717) is 13.0 Å². The molecule has 1 rings (SSSR count). The summed E-state index contributed by atoms with van der Waals surface area (Å²) in [6, 6.07) is 0. The standard InChI is InChI=1S/C7H11I3O5/c1-11-6-2-4(14-9)7(15-10)5(13-6)3-12-8/h4-7H,2-3H2,1H3/t4?,5?,6-,7-/m0/s1. The monoisotopic (exact) mass is 556 g/mol. The molecule has 4 atom stereocenters. The number of halogens is 3. The Morgan fingerprint density at radius 3 is 2.47 bits per heavy atom. The van der Waals surface area contributed by atoms with Crippen LogP contribution in [0.15, 0.2) is 0 Å². The highest BCUT2D eigenvalue weighted by Gasteiger charge is 2.40. The van der Waals surface area contributed by atoms with E-state index in [1.54, 1.807) is 7.11 Å². The van der Waals surface area contributed by atoms with Gasteiger partial charge in [0.2, 0.25) is 0 Å². The molecule has 0 saturated carbocycles. The van der Waals surface area contributed by atoms with Crippen LogP contribution in [0.4, 0.5) is 0 Å². The molecule has 1 aliphatic heterocycles. The van der Waals surface area contributed by atoms with Gasteiger partial charge in [-0.15, -0.1) is 0 Å². The van der Waals surface area contributed by atoms with Gasteiger partial charge in [-0.05, 0) is 0 Å². The van der Waals surface area contributed by atoms with Crippen molar-refractivity contribution in [2.45, 2.75) is 31.0 Å². The fraction of sp³-hybridized carbons (Fsp3) is 1.00. The molecule has 0 aromatic heterocycles. The van der Waals surface area contributed by atoms with E-state index < -0.39 is 0 Å². The summed E-state index contributed by atoms with van der Waals surface area (Å²) in [5, 5.41) is 0. The molecule has 1 saturated heterocycles. The quantitative estimate of drug-likeness (QED) is 0.488. The van der Waals surface area contributed by atoms with E-state index in [1.165, 1.54) is 0 Å². The van der Waals surface area contributed by atoms with Crippen LogP contribution in [-0.4, -0.2) is 38.3 Å². The Hall–Kier alpha value is 1.99. The number of rotatable bonds is 5. The maximum Gasteiger partial charge on any atom is 0.160 e. The van der Waals surface area contributed by atoms with Crippen LogP contribution >= 0.6 is 69.0 Å². The lowest BCUT2D eigenvalue weighted by atomic mass is 10.0. The zero-order valence-electron chi connectivity index (χ0n) is 7.90. The summed E-state index contributed by atoms with van der Waals surface area (Å²) in [6.07, 6.45) is 0.0491. The van der Waals surface area contributed by atoms with Crippen molar-refractivity contribution in [1.29, 1.82) is 0 Å². The summed E-state index contributed by atoms with van der Waals surface area (Å²) < 4.78 is 26.5. The maximum atomic E-state index is 5.65. The Morgan fingerprint density at radius 2 is 2.00 bits per heavy atom. The lowest BCUT2D eigenvalue weighted by Gasteiger charge is -2.37. The van der Waals surface area contributed by atoms with Crippen LogP contribution in [0.25, 0.3) is 0 Å². The van der Waals surface area contributed by atoms with Crippen LogP contribution in [0.1, 0.15) is 6.42 Å². The first kappa shape index (κ1) is 15.0. The van der Waals surface area contributed by atoms with E-state index in [1.807, 2.05) is 69.0 Å². The lowest BCUT2D eigenvalue weighted by Crippen LogP contribution is -2.50. The normalized spacial score (nSPS) is 36.8. The maximum absolute atomic E-state index is 5.65. The van der Waals surface area contributed by atoms with Gasteiger partial charge in [0, 0.05) is 13.5 Å². The summed E-state index contributed by atoms with van der Waals surface area (Å²) in [5.74, 6) is 0. The van der Waals surface area contributed by atoms with Crippen LogP contribution in [0.2, 0.25) is 0 Å². The Morgan fingerprint density at radius 1 is 1.27 bits per heavy atom. The average molecular weight is 556 g/mol. The zero-order chi connectivity index (χ0) is 11.3. The van der Waals surface area contributed by atoms with Crippen LogP contribution in [-0.2, 0) is 18.7 Å². The van der Waals surface area contributed by atoms with E-state index in [9.17, 15) is 0 Å². The first-order valence-electron chi connectivity index (χ1n) is 4.23. The Balaban J connectivity index is 2.63. The molecule has 2 unspecified atom stereocenters. The van der Waals surface area contributed by atoms with Gasteiger partial charge in [-0.25, -0.2) is 0 Å². The van der Waals surface area contributed by atoms with Crippen molar-refractivity contribution in [3.63, 3.8) is 0 Å². The molecule has 0 aliphatic carbocycles. The number of hydrogen-bond donors (Lipinski definition) is 0. The van der Waals surface area contributed by atoms with Crippen LogP contribution < -0.4 is 0 Å². The number of ether oxygens (including phenoxy) is 2.